The molecular weight excluding hydrogens is 1040 g/mol. The standard InChI is InChI=1S/C54H69B32NS/c55-8-1-6(2-9(56)16(8)20-32(67)42(77)48(83)43(78)33(20)68)87(14-5-11(58)18(31(66)28(14)63)17-10(57)4-12(59)27(62)30(17)65)52-13(60)3-7(26(61)51(52)86)15-19-24-38(73)41(76)39(74)25(23-36(71)46(81)50(85)47(82)37(23)72)53(24)88-54(19)40(75)21(29(15)64)22-34(69)44(79)49(84)45(80)35(22)70/h1-5H,55-86H2. The topological polar surface area (TPSA) is 3.24 Å². The van der Waals surface area contributed by atoms with Crippen molar-refractivity contribution in [3.05, 3.63) is 30.3 Å². The number of hydrogen-bond donors (Lipinski definition) is 0. The molecule has 0 N–H and O–H groups in total. The van der Waals surface area contributed by atoms with Gasteiger partial charge in [-0.2, -0.15) is 0 Å². The van der Waals surface area contributed by atoms with Gasteiger partial charge in [0.15, 0.2) is 0 Å². The van der Waals surface area contributed by atoms with Gasteiger partial charge in [0.2, 0.25) is 0 Å². The Balaban J connectivity index is 1.36. The minimum Gasteiger partial charge on any atom is -0.312 e. The van der Waals surface area contributed by atoms with Gasteiger partial charge in [-0.3, -0.25) is 0 Å². The molecule has 10 rings (SSSR count). The minimum absolute atomic E-state index is 1.19. The largest absolute Gasteiger partial charge is 0.312 e. The zero-order valence-electron chi connectivity index (χ0n) is 60.2. The van der Waals surface area contributed by atoms with Crippen molar-refractivity contribution in [2.24, 2.45) is 0 Å². The van der Waals surface area contributed by atoms with Crippen LogP contribution in [-0.4, -0.2) is 251 Å². The van der Waals surface area contributed by atoms with Crippen LogP contribution in [0.5, 0.6) is 0 Å². The van der Waals surface area contributed by atoms with E-state index in [1.165, 1.54) is 268 Å². The maximum absolute atomic E-state index is 2.67. The van der Waals surface area contributed by atoms with E-state index in [1.54, 1.807) is 0 Å². The highest BCUT2D eigenvalue weighted by molar-refractivity contribution is 7.28. The molecule has 34 heteroatoms. The van der Waals surface area contributed by atoms with E-state index in [9.17, 15) is 0 Å². The van der Waals surface area contributed by atoms with Crippen LogP contribution in [0, 0.1) is 0 Å². The van der Waals surface area contributed by atoms with Gasteiger partial charge in [-0.05, 0) is 79.2 Å². The highest BCUT2D eigenvalue weighted by atomic mass is 32.1. The number of hydrogen-bond acceptors (Lipinski definition) is 2. The van der Waals surface area contributed by atoms with Crippen LogP contribution in [0.25, 0.3) is 75.8 Å². The van der Waals surface area contributed by atoms with Gasteiger partial charge in [-0.15, -0.1) is 71.4 Å². The fraction of sp³-hybridized carbons (Fsp3) is 0. The van der Waals surface area contributed by atoms with E-state index >= 15 is 0 Å². The molecule has 1 nitrogen and oxygen atoms in total. The Labute approximate surface area is 560 Å². The van der Waals surface area contributed by atoms with Crippen molar-refractivity contribution < 1.29 is 0 Å². The average Bonchev–Trinajstić information content (AvgIpc) is 1.48. The molecule has 9 aromatic carbocycles. The van der Waals surface area contributed by atoms with Crippen LogP contribution in [0.2, 0.25) is 0 Å². The smallest absolute Gasteiger partial charge is 0.142 e. The quantitative estimate of drug-likeness (QED) is 0.137. The summed E-state index contributed by atoms with van der Waals surface area (Å²) < 4.78 is 2.81. The predicted molar refractivity (Wildman–Crippen MR) is 503 cm³/mol. The average molecular weight is 1110 g/mol. The van der Waals surface area contributed by atoms with E-state index in [-0.39, 0.29) is 0 Å². The highest BCUT2D eigenvalue weighted by Crippen LogP contribution is 2.42. The first-order valence-electron chi connectivity index (χ1n) is 32.5. The molecule has 0 fully saturated rings. The van der Waals surface area contributed by atoms with Gasteiger partial charge in [0.05, 0.1) is 0 Å². The number of fused-ring (bicyclic) bond motifs is 3. The SMILES string of the molecule is Bc1cc(B)c(-c2c(B)cc(N(c3cc(B)c(-c4c(B)c(B)c(B)c(B)c4B)c(B)c3)c3c(B)cc(-c4c(B)c(-c5c(B)c(B)c(B)c(B)c5B)c(B)c5sc6c(-c7c(B)c(B)c(B)c(B)c7B)c(B)c(B)c(B)c6c45)c(B)c3B)c(B)c2B)c(B)c1B. The van der Waals surface area contributed by atoms with Crippen LogP contribution < -0.4 is 180 Å². The fourth-order valence-corrected chi connectivity index (χ4v) is 18.0. The summed E-state index contributed by atoms with van der Waals surface area (Å²) in [6.07, 6.45) is 0. The van der Waals surface area contributed by atoms with Gasteiger partial charge >= 0.3 is 0 Å². The lowest BCUT2D eigenvalue weighted by atomic mass is 9.57. The van der Waals surface area contributed by atoms with Crippen LogP contribution >= 0.6 is 11.3 Å². The summed E-state index contributed by atoms with van der Waals surface area (Å²) in [7, 11) is 75.5. The van der Waals surface area contributed by atoms with E-state index < -0.39 is 0 Å². The minimum atomic E-state index is 1.19. The summed E-state index contributed by atoms with van der Waals surface area (Å²) in [5.74, 6) is 0. The Morgan fingerprint density at radius 3 is 1.02 bits per heavy atom. The molecule has 1 heterocycles. The van der Waals surface area contributed by atoms with Gasteiger partial charge in [-0.25, -0.2) is 0 Å². The second kappa shape index (κ2) is 23.6. The maximum atomic E-state index is 2.67. The monoisotopic (exact) mass is 1120 g/mol. The van der Waals surface area contributed by atoms with Crippen molar-refractivity contribution >= 4 is 474 Å². The normalized spacial score (nSPS) is 11.5. The van der Waals surface area contributed by atoms with E-state index in [0.29, 0.717) is 0 Å². The maximum Gasteiger partial charge on any atom is 0.142 e. The van der Waals surface area contributed by atoms with Crippen molar-refractivity contribution in [1.29, 1.82) is 0 Å². The first-order chi connectivity index (χ1) is 41.0. The van der Waals surface area contributed by atoms with Crippen LogP contribution in [0.1, 0.15) is 0 Å². The Hall–Kier alpha value is -4.92. The van der Waals surface area contributed by atoms with Gasteiger partial charge in [0.25, 0.3) is 0 Å². The molecule has 88 heavy (non-hydrogen) atoms. The Bertz CT molecular complexity index is 4730. The van der Waals surface area contributed by atoms with Gasteiger partial charge in [0.1, 0.15) is 251 Å². The third-order valence-corrected chi connectivity index (χ3v) is 25.0. The molecule has 0 amide bonds. The first-order valence-corrected chi connectivity index (χ1v) is 33.3. The van der Waals surface area contributed by atoms with Gasteiger partial charge in [-0.1, -0.05) is 127 Å². The molecule has 1 aromatic heterocycles. The molecule has 392 valence electrons. The number of nitrogens with zero attached hydrogens (tertiary/aromatic N) is 1. The fourth-order valence-electron chi connectivity index (χ4n) is 16.5. The number of thiophene rings is 1. The summed E-state index contributed by atoms with van der Waals surface area (Å²) >= 11 is 2.05. The lowest BCUT2D eigenvalue weighted by Gasteiger charge is -2.35. The van der Waals surface area contributed by atoms with Crippen molar-refractivity contribution in [3.8, 4) is 55.6 Å². The first kappa shape index (κ1) is 66.0. The van der Waals surface area contributed by atoms with Gasteiger partial charge < -0.3 is 4.90 Å². The van der Waals surface area contributed by atoms with Crippen molar-refractivity contribution in [2.75, 3.05) is 4.90 Å². The number of rotatable bonds is 8. The van der Waals surface area contributed by atoms with Crippen LogP contribution in [0.15, 0.2) is 30.3 Å². The second-order valence-electron chi connectivity index (χ2n) is 27.9. The third kappa shape index (κ3) is 9.74. The van der Waals surface area contributed by atoms with Gasteiger partial charge in [0, 0.05) is 31.8 Å². The molecule has 0 saturated carbocycles. The summed E-state index contributed by atoms with van der Waals surface area (Å²) in [6.45, 7) is 0. The predicted octanol–water partition coefficient (Wildman–Crippen LogP) is -39.9. The Morgan fingerprint density at radius 1 is 0.205 bits per heavy atom. The summed E-state index contributed by atoms with van der Waals surface area (Å²) in [6, 6.07) is 12.5. The molecule has 0 aliphatic heterocycles. The van der Waals surface area contributed by atoms with Crippen LogP contribution in [0.4, 0.5) is 17.1 Å². The third-order valence-electron chi connectivity index (χ3n) is 23.7. The molecular formula is C54H69B32NS. The molecule has 0 unspecified atom stereocenters. The van der Waals surface area contributed by atoms with E-state index in [4.69, 9.17) is 0 Å². The van der Waals surface area contributed by atoms with Crippen molar-refractivity contribution in [2.45, 2.75) is 0 Å². The zero-order chi connectivity index (χ0) is 65.1. The molecule has 0 atom stereocenters. The number of anilines is 3. The highest BCUT2D eigenvalue weighted by Gasteiger charge is 2.31. The molecule has 0 radical (unpaired) electrons. The zero-order valence-corrected chi connectivity index (χ0v) is 61.1. The summed E-state index contributed by atoms with van der Waals surface area (Å²) in [5.41, 5.74) is 61.2. The Morgan fingerprint density at radius 2 is 0.557 bits per heavy atom. The number of benzene rings is 9. The van der Waals surface area contributed by atoms with Crippen molar-refractivity contribution in [1.82, 2.24) is 0 Å². The molecule has 0 aliphatic carbocycles. The molecule has 0 bridgehead atoms. The lowest BCUT2D eigenvalue weighted by Crippen LogP contribution is -2.56. The molecule has 0 spiro atoms. The van der Waals surface area contributed by atoms with E-state index in [2.05, 4.69) is 298 Å². The summed E-state index contributed by atoms with van der Waals surface area (Å²) in [4.78, 5) is 2.67. The molecule has 0 saturated heterocycles. The van der Waals surface area contributed by atoms with E-state index in [0.717, 1.165) is 0 Å². The second-order valence-corrected chi connectivity index (χ2v) is 28.9. The van der Waals surface area contributed by atoms with E-state index in [1.807, 2.05) is 0 Å². The van der Waals surface area contributed by atoms with Crippen LogP contribution in [0.3, 0.4) is 0 Å². The van der Waals surface area contributed by atoms with Crippen LogP contribution in [-0.2, 0) is 0 Å². The lowest BCUT2D eigenvalue weighted by molar-refractivity contribution is 1.33. The Kier molecular flexibility index (Phi) is 17.7. The summed E-state index contributed by atoms with van der Waals surface area (Å²) in [5, 5.41) is 2.82. The molecule has 10 aromatic rings. The van der Waals surface area contributed by atoms with Crippen molar-refractivity contribution in [3.63, 3.8) is 0 Å². The molecule has 0 aliphatic rings.